The summed E-state index contributed by atoms with van der Waals surface area (Å²) >= 11 is 0. The van der Waals surface area contributed by atoms with Crippen molar-refractivity contribution >= 4 is 17.5 Å². The maximum absolute atomic E-state index is 13.5. The number of para-hydroxylation sites is 1. The molecule has 2 atom stereocenters. The van der Waals surface area contributed by atoms with Crippen molar-refractivity contribution in [1.29, 1.82) is 0 Å². The Kier molecular flexibility index (Phi) is 5.88. The molecule has 7 heteroatoms. The highest BCUT2D eigenvalue weighted by molar-refractivity contribution is 6.06. The summed E-state index contributed by atoms with van der Waals surface area (Å²) in [5, 5.41) is 2.97. The molecule has 5 rings (SSSR count). The largest absolute Gasteiger partial charge is 0.350 e. The van der Waals surface area contributed by atoms with Crippen LogP contribution in [0.2, 0.25) is 0 Å². The van der Waals surface area contributed by atoms with Crippen LogP contribution in [0, 0.1) is 5.82 Å². The molecule has 1 saturated heterocycles. The number of amides is 2. The highest BCUT2D eigenvalue weighted by Crippen LogP contribution is 2.35. The third-order valence-electron chi connectivity index (χ3n) is 6.54. The van der Waals surface area contributed by atoms with E-state index >= 15 is 0 Å². The number of pyridine rings is 1. The molecule has 33 heavy (non-hydrogen) atoms. The molecule has 2 aromatic carbocycles. The van der Waals surface area contributed by atoms with Crippen LogP contribution in [0.3, 0.4) is 0 Å². The van der Waals surface area contributed by atoms with Gasteiger partial charge in [0.05, 0.1) is 5.56 Å². The zero-order chi connectivity index (χ0) is 22.8. The Hall–Kier alpha value is -3.58. The van der Waals surface area contributed by atoms with Crippen molar-refractivity contribution in [2.75, 3.05) is 18.0 Å². The van der Waals surface area contributed by atoms with Gasteiger partial charge in [-0.2, -0.15) is 0 Å². The fourth-order valence-corrected chi connectivity index (χ4v) is 4.88. The van der Waals surface area contributed by atoms with Crippen molar-refractivity contribution in [2.45, 2.75) is 31.5 Å². The lowest BCUT2D eigenvalue weighted by atomic mass is 10.1. The number of carbonyl (C=O) groups excluding carboxylic acids is 2. The number of benzene rings is 2. The number of nitrogens with zero attached hydrogens (tertiary/aromatic N) is 3. The summed E-state index contributed by atoms with van der Waals surface area (Å²) in [6.07, 6.45) is 5.12. The summed E-state index contributed by atoms with van der Waals surface area (Å²) < 4.78 is 13.5. The van der Waals surface area contributed by atoms with Crippen LogP contribution < -0.4 is 10.2 Å². The summed E-state index contributed by atoms with van der Waals surface area (Å²) in [4.78, 5) is 34.3. The Balaban J connectivity index is 1.35. The van der Waals surface area contributed by atoms with E-state index < -0.39 is 5.82 Å². The highest BCUT2D eigenvalue weighted by Gasteiger charge is 2.39. The lowest BCUT2D eigenvalue weighted by Gasteiger charge is -2.29. The number of aromatic nitrogens is 1. The Morgan fingerprint density at radius 2 is 1.88 bits per heavy atom. The highest BCUT2D eigenvalue weighted by atomic mass is 19.1. The number of hydrogen-bond donors (Lipinski definition) is 1. The monoisotopic (exact) mass is 444 g/mol. The lowest BCUT2D eigenvalue weighted by Crippen LogP contribution is -2.45. The molecular formula is C26H25FN4O2. The van der Waals surface area contributed by atoms with Gasteiger partial charge >= 0.3 is 0 Å². The smallest absolute Gasteiger partial charge is 0.259 e. The predicted octanol–water partition coefficient (Wildman–Crippen LogP) is 3.64. The summed E-state index contributed by atoms with van der Waals surface area (Å²) in [6.45, 7) is 1.77. The van der Waals surface area contributed by atoms with Gasteiger partial charge in [0.25, 0.3) is 11.8 Å². The Morgan fingerprint density at radius 3 is 2.70 bits per heavy atom. The van der Waals surface area contributed by atoms with Gasteiger partial charge in [-0.25, -0.2) is 4.39 Å². The maximum atomic E-state index is 13.5. The van der Waals surface area contributed by atoms with Crippen LogP contribution >= 0.6 is 0 Å². The van der Waals surface area contributed by atoms with E-state index in [1.807, 2.05) is 23.1 Å². The van der Waals surface area contributed by atoms with Gasteiger partial charge in [-0.3, -0.25) is 19.5 Å². The molecule has 2 aliphatic rings. The van der Waals surface area contributed by atoms with E-state index in [9.17, 15) is 14.0 Å². The molecule has 1 N–H and O–H groups in total. The van der Waals surface area contributed by atoms with Gasteiger partial charge in [0.1, 0.15) is 5.82 Å². The average Bonchev–Trinajstić information content (AvgIpc) is 3.14. The first-order chi connectivity index (χ1) is 16.1. The van der Waals surface area contributed by atoms with Crippen LogP contribution in [-0.2, 0) is 6.54 Å². The Labute approximate surface area is 192 Å². The number of hydrogen-bond acceptors (Lipinski definition) is 4. The second-order valence-corrected chi connectivity index (χ2v) is 8.56. The predicted molar refractivity (Wildman–Crippen MR) is 123 cm³/mol. The number of halogens is 1. The molecule has 0 aliphatic carbocycles. The first-order valence-corrected chi connectivity index (χ1v) is 11.2. The normalized spacial score (nSPS) is 20.0. The van der Waals surface area contributed by atoms with Crippen LogP contribution in [0.5, 0.6) is 0 Å². The van der Waals surface area contributed by atoms with E-state index in [0.717, 1.165) is 24.1 Å². The number of nitrogens with one attached hydrogen (secondary N) is 1. The quantitative estimate of drug-likeness (QED) is 0.667. The van der Waals surface area contributed by atoms with E-state index in [4.69, 9.17) is 0 Å². The number of fused-ring (bicyclic) bond motifs is 2. The molecule has 2 amide bonds. The molecule has 0 saturated carbocycles. The van der Waals surface area contributed by atoms with Crippen LogP contribution in [0.4, 0.5) is 10.1 Å². The summed E-state index contributed by atoms with van der Waals surface area (Å²) in [5.41, 5.74) is 2.89. The Morgan fingerprint density at radius 1 is 1.03 bits per heavy atom. The van der Waals surface area contributed by atoms with Gasteiger partial charge < -0.3 is 10.2 Å². The zero-order valence-corrected chi connectivity index (χ0v) is 18.2. The summed E-state index contributed by atoms with van der Waals surface area (Å²) in [7, 11) is 0. The van der Waals surface area contributed by atoms with Gasteiger partial charge in [0.15, 0.2) is 0 Å². The average molecular weight is 445 g/mol. The van der Waals surface area contributed by atoms with E-state index in [2.05, 4.69) is 21.3 Å². The summed E-state index contributed by atoms with van der Waals surface area (Å²) in [5.74, 6) is -0.757. The van der Waals surface area contributed by atoms with Crippen molar-refractivity contribution in [3.8, 4) is 0 Å². The molecule has 1 aromatic heterocycles. The van der Waals surface area contributed by atoms with E-state index in [1.165, 1.54) is 18.2 Å². The molecule has 1 fully saturated rings. The molecule has 168 valence electrons. The minimum absolute atomic E-state index is 0.0553. The maximum Gasteiger partial charge on any atom is 0.259 e. The van der Waals surface area contributed by atoms with Gasteiger partial charge in [-0.15, -0.1) is 0 Å². The molecule has 0 radical (unpaired) electrons. The van der Waals surface area contributed by atoms with Crippen molar-refractivity contribution in [3.63, 3.8) is 0 Å². The topological polar surface area (TPSA) is 65.5 Å². The van der Waals surface area contributed by atoms with E-state index in [-0.39, 0.29) is 23.9 Å². The second-order valence-electron chi connectivity index (χ2n) is 8.56. The van der Waals surface area contributed by atoms with Gasteiger partial charge in [-0.05, 0) is 54.8 Å². The molecule has 2 aliphatic heterocycles. The standard InChI is InChI=1S/C26H25FN4O2/c27-21-8-3-6-18(13-21)25(32)29-15-22-10-11-23-17-31(26(33)19-7-4-12-28-14-19)24-9-2-1-5-20(24)16-30(22)23/h1-9,12-14,22-23H,10-11,15-17H2,(H,29,32)/t22-,23-/m0/s1. The van der Waals surface area contributed by atoms with Crippen molar-refractivity contribution < 1.29 is 14.0 Å². The molecule has 6 nitrogen and oxygen atoms in total. The zero-order valence-electron chi connectivity index (χ0n) is 18.2. The van der Waals surface area contributed by atoms with Gasteiger partial charge in [-0.1, -0.05) is 24.3 Å². The van der Waals surface area contributed by atoms with Gasteiger partial charge in [0, 0.05) is 55.4 Å². The molecule has 0 spiro atoms. The first kappa shape index (κ1) is 21.3. The molecule has 0 unspecified atom stereocenters. The fraction of sp³-hybridized carbons (Fsp3) is 0.269. The van der Waals surface area contributed by atoms with Crippen molar-refractivity contribution in [1.82, 2.24) is 15.2 Å². The number of anilines is 1. The van der Waals surface area contributed by atoms with E-state index in [0.29, 0.717) is 30.8 Å². The SMILES string of the molecule is O=C(NC[C@@H]1CC[C@H]2CN(C(=O)c3cccnc3)c3ccccc3CN12)c1cccc(F)c1. The van der Waals surface area contributed by atoms with Crippen LogP contribution in [0.25, 0.3) is 0 Å². The first-order valence-electron chi connectivity index (χ1n) is 11.2. The number of rotatable bonds is 4. The minimum atomic E-state index is -0.425. The second kappa shape index (κ2) is 9.11. The van der Waals surface area contributed by atoms with Crippen LogP contribution in [0.15, 0.2) is 73.1 Å². The molecule has 3 heterocycles. The molecule has 0 bridgehead atoms. The fourth-order valence-electron chi connectivity index (χ4n) is 4.88. The minimum Gasteiger partial charge on any atom is -0.350 e. The van der Waals surface area contributed by atoms with Crippen molar-refractivity contribution in [3.05, 3.63) is 95.6 Å². The molecule has 3 aromatic rings. The van der Waals surface area contributed by atoms with Crippen molar-refractivity contribution in [2.24, 2.45) is 0 Å². The van der Waals surface area contributed by atoms with E-state index in [1.54, 1.807) is 30.6 Å². The summed E-state index contributed by atoms with van der Waals surface area (Å²) in [6, 6.07) is 17.6. The van der Waals surface area contributed by atoms with Crippen LogP contribution in [0.1, 0.15) is 39.1 Å². The third kappa shape index (κ3) is 4.36. The van der Waals surface area contributed by atoms with Crippen LogP contribution in [-0.4, -0.2) is 46.9 Å². The van der Waals surface area contributed by atoms with Gasteiger partial charge in [0.2, 0.25) is 0 Å². The Bertz CT molecular complexity index is 1170. The third-order valence-corrected chi connectivity index (χ3v) is 6.54. The molecular weight excluding hydrogens is 419 g/mol. The number of carbonyl (C=O) groups is 2. The lowest BCUT2D eigenvalue weighted by molar-refractivity contribution is 0.0933.